The SMILES string of the molecule is O=C(NC(C1CCCCC1)C1CCCCC1)c1ccnc(-c2cc(F)cc(F)c2)c1. The Balaban J connectivity index is 1.54. The second-order valence-corrected chi connectivity index (χ2v) is 8.88. The van der Waals surface area contributed by atoms with Gasteiger partial charge >= 0.3 is 0 Å². The Morgan fingerprint density at radius 3 is 2.00 bits per heavy atom. The van der Waals surface area contributed by atoms with Gasteiger partial charge in [0.1, 0.15) is 11.6 Å². The fraction of sp³-hybridized carbons (Fsp3) is 0.520. The van der Waals surface area contributed by atoms with Crippen LogP contribution in [0, 0.1) is 23.5 Å². The number of carbonyl (C=O) groups excluding carboxylic acids is 1. The van der Waals surface area contributed by atoms with E-state index in [1.165, 1.54) is 82.5 Å². The van der Waals surface area contributed by atoms with Crippen molar-refractivity contribution in [3.63, 3.8) is 0 Å². The van der Waals surface area contributed by atoms with E-state index in [0.717, 1.165) is 6.07 Å². The first kappa shape index (κ1) is 21.0. The molecule has 2 aliphatic carbocycles. The molecule has 1 N–H and O–H groups in total. The maximum atomic E-state index is 13.6. The van der Waals surface area contributed by atoms with E-state index in [1.54, 1.807) is 12.1 Å². The molecule has 2 aromatic rings. The second-order valence-electron chi connectivity index (χ2n) is 8.88. The highest BCUT2D eigenvalue weighted by Gasteiger charge is 2.32. The van der Waals surface area contributed by atoms with Crippen molar-refractivity contribution >= 4 is 5.91 Å². The quantitative estimate of drug-likeness (QED) is 0.627. The molecule has 3 nitrogen and oxygen atoms in total. The van der Waals surface area contributed by atoms with Crippen molar-refractivity contribution in [2.75, 3.05) is 0 Å². The number of aromatic nitrogens is 1. The molecule has 2 aliphatic rings. The Kier molecular flexibility index (Phi) is 6.76. The van der Waals surface area contributed by atoms with Crippen LogP contribution in [-0.2, 0) is 0 Å². The standard InChI is InChI=1S/C25H30F2N2O/c26-21-13-20(14-22(27)16-21)23-15-19(11-12-28-23)25(30)29-24(17-7-3-1-4-8-17)18-9-5-2-6-10-18/h11-18,24H,1-10H2,(H,29,30). The Morgan fingerprint density at radius 2 is 1.43 bits per heavy atom. The fourth-order valence-electron chi connectivity index (χ4n) is 5.27. The topological polar surface area (TPSA) is 42.0 Å². The van der Waals surface area contributed by atoms with Crippen LogP contribution in [0.2, 0.25) is 0 Å². The minimum Gasteiger partial charge on any atom is -0.349 e. The third kappa shape index (κ3) is 5.05. The smallest absolute Gasteiger partial charge is 0.251 e. The van der Waals surface area contributed by atoms with Gasteiger partial charge in [-0.3, -0.25) is 9.78 Å². The summed E-state index contributed by atoms with van der Waals surface area (Å²) in [5.74, 6) is -0.335. The van der Waals surface area contributed by atoms with Crippen molar-refractivity contribution in [3.8, 4) is 11.3 Å². The molecule has 1 aromatic carbocycles. The van der Waals surface area contributed by atoms with Gasteiger partial charge in [-0.05, 0) is 61.8 Å². The lowest BCUT2D eigenvalue weighted by molar-refractivity contribution is 0.0860. The van der Waals surface area contributed by atoms with Gasteiger partial charge < -0.3 is 5.32 Å². The van der Waals surface area contributed by atoms with Gasteiger partial charge in [-0.25, -0.2) is 8.78 Å². The zero-order chi connectivity index (χ0) is 20.9. The predicted octanol–water partition coefficient (Wildman–Crippen LogP) is 6.29. The van der Waals surface area contributed by atoms with E-state index in [2.05, 4.69) is 10.3 Å². The summed E-state index contributed by atoms with van der Waals surface area (Å²) in [6, 6.07) is 6.82. The first-order chi connectivity index (χ1) is 14.6. The lowest BCUT2D eigenvalue weighted by Gasteiger charge is -2.38. The fourth-order valence-corrected chi connectivity index (χ4v) is 5.27. The van der Waals surface area contributed by atoms with Gasteiger partial charge in [0.05, 0.1) is 5.69 Å². The summed E-state index contributed by atoms with van der Waals surface area (Å²) in [6.07, 6.45) is 13.8. The first-order valence-electron chi connectivity index (χ1n) is 11.3. The largest absolute Gasteiger partial charge is 0.349 e. The van der Waals surface area contributed by atoms with Crippen LogP contribution in [0.15, 0.2) is 36.5 Å². The van der Waals surface area contributed by atoms with E-state index in [4.69, 9.17) is 0 Å². The highest BCUT2D eigenvalue weighted by Crippen LogP contribution is 2.36. The van der Waals surface area contributed by atoms with Gasteiger partial charge in [-0.2, -0.15) is 0 Å². The number of nitrogens with one attached hydrogen (secondary N) is 1. The molecular weight excluding hydrogens is 382 g/mol. The molecule has 0 atom stereocenters. The minimum absolute atomic E-state index is 0.114. The van der Waals surface area contributed by atoms with E-state index in [-0.39, 0.29) is 11.9 Å². The number of nitrogens with zero attached hydrogens (tertiary/aromatic N) is 1. The number of pyridine rings is 1. The monoisotopic (exact) mass is 412 g/mol. The van der Waals surface area contributed by atoms with E-state index in [1.807, 2.05) is 0 Å². The Bertz CT molecular complexity index is 835. The average Bonchev–Trinajstić information content (AvgIpc) is 2.78. The van der Waals surface area contributed by atoms with Crippen LogP contribution in [0.1, 0.15) is 74.6 Å². The van der Waals surface area contributed by atoms with Gasteiger partial charge in [0, 0.05) is 29.4 Å². The summed E-state index contributed by atoms with van der Waals surface area (Å²) in [4.78, 5) is 17.4. The molecule has 0 saturated heterocycles. The molecule has 1 heterocycles. The van der Waals surface area contributed by atoms with Gasteiger partial charge in [0.15, 0.2) is 0 Å². The number of hydrogen-bond donors (Lipinski definition) is 1. The molecule has 2 saturated carbocycles. The van der Waals surface area contributed by atoms with Gasteiger partial charge in [-0.15, -0.1) is 0 Å². The average molecular weight is 413 g/mol. The summed E-state index contributed by atoms with van der Waals surface area (Å²) >= 11 is 0. The molecule has 0 unspecified atom stereocenters. The van der Waals surface area contributed by atoms with Crippen LogP contribution in [0.3, 0.4) is 0 Å². The molecule has 0 spiro atoms. The van der Waals surface area contributed by atoms with Gasteiger partial charge in [-0.1, -0.05) is 38.5 Å². The lowest BCUT2D eigenvalue weighted by atomic mass is 9.73. The summed E-state index contributed by atoms with van der Waals surface area (Å²) in [7, 11) is 0. The molecule has 5 heteroatoms. The highest BCUT2D eigenvalue weighted by atomic mass is 19.1. The molecular formula is C25H30F2N2O. The van der Waals surface area contributed by atoms with Gasteiger partial charge in [0.25, 0.3) is 5.91 Å². The Hall–Kier alpha value is -2.30. The molecule has 2 fully saturated rings. The zero-order valence-corrected chi connectivity index (χ0v) is 17.4. The number of carbonyl (C=O) groups is 1. The summed E-state index contributed by atoms with van der Waals surface area (Å²) in [5, 5.41) is 3.36. The predicted molar refractivity (Wildman–Crippen MR) is 114 cm³/mol. The summed E-state index contributed by atoms with van der Waals surface area (Å²) < 4.78 is 27.2. The number of halogens is 2. The molecule has 0 bridgehead atoms. The normalized spacial score (nSPS) is 18.5. The van der Waals surface area contributed by atoms with Crippen LogP contribution in [0.25, 0.3) is 11.3 Å². The molecule has 1 aromatic heterocycles. The third-order valence-electron chi connectivity index (χ3n) is 6.79. The third-order valence-corrected chi connectivity index (χ3v) is 6.79. The van der Waals surface area contributed by atoms with Crippen molar-refractivity contribution < 1.29 is 13.6 Å². The molecule has 30 heavy (non-hydrogen) atoms. The lowest BCUT2D eigenvalue weighted by Crippen LogP contribution is -2.46. The van der Waals surface area contributed by atoms with Gasteiger partial charge in [0.2, 0.25) is 0 Å². The van der Waals surface area contributed by atoms with Crippen LogP contribution >= 0.6 is 0 Å². The molecule has 0 aliphatic heterocycles. The van der Waals surface area contributed by atoms with Crippen molar-refractivity contribution in [1.82, 2.24) is 10.3 Å². The maximum Gasteiger partial charge on any atom is 0.251 e. The van der Waals surface area contributed by atoms with E-state index in [0.29, 0.717) is 28.7 Å². The Morgan fingerprint density at radius 1 is 0.867 bits per heavy atom. The van der Waals surface area contributed by atoms with E-state index in [9.17, 15) is 13.6 Å². The first-order valence-corrected chi connectivity index (χ1v) is 11.3. The summed E-state index contributed by atoms with van der Waals surface area (Å²) in [5.41, 5.74) is 1.22. The van der Waals surface area contributed by atoms with Crippen LogP contribution in [0.5, 0.6) is 0 Å². The molecule has 1 amide bonds. The highest BCUT2D eigenvalue weighted by molar-refractivity contribution is 5.95. The molecule has 0 radical (unpaired) electrons. The maximum absolute atomic E-state index is 13.6. The number of benzene rings is 1. The number of rotatable bonds is 5. The van der Waals surface area contributed by atoms with E-state index < -0.39 is 11.6 Å². The zero-order valence-electron chi connectivity index (χ0n) is 17.4. The van der Waals surface area contributed by atoms with Crippen LogP contribution in [0.4, 0.5) is 8.78 Å². The molecule has 160 valence electrons. The number of hydrogen-bond acceptors (Lipinski definition) is 2. The van der Waals surface area contributed by atoms with Crippen LogP contribution < -0.4 is 5.32 Å². The van der Waals surface area contributed by atoms with E-state index >= 15 is 0 Å². The number of amides is 1. The second kappa shape index (κ2) is 9.67. The minimum atomic E-state index is -0.656. The Labute approximate surface area is 177 Å². The van der Waals surface area contributed by atoms with Crippen molar-refractivity contribution in [2.24, 2.45) is 11.8 Å². The van der Waals surface area contributed by atoms with Crippen molar-refractivity contribution in [2.45, 2.75) is 70.3 Å². The van der Waals surface area contributed by atoms with Crippen LogP contribution in [-0.4, -0.2) is 16.9 Å². The summed E-state index contributed by atoms with van der Waals surface area (Å²) in [6.45, 7) is 0. The van der Waals surface area contributed by atoms with Crippen molar-refractivity contribution in [1.29, 1.82) is 0 Å². The molecule has 4 rings (SSSR count). The van der Waals surface area contributed by atoms with Crippen molar-refractivity contribution in [3.05, 3.63) is 53.7 Å².